The molecule has 0 fully saturated rings. The Bertz CT molecular complexity index is 1130. The first-order valence-electron chi connectivity index (χ1n) is 6.90. The number of benzene rings is 1. The lowest BCUT2D eigenvalue weighted by atomic mass is 10.2. The third kappa shape index (κ3) is 2.97. The lowest BCUT2D eigenvalue weighted by Gasteiger charge is -2.08. The first-order chi connectivity index (χ1) is 11.9. The molecule has 2 heterocycles. The summed E-state index contributed by atoms with van der Waals surface area (Å²) in [5, 5.41) is 17.7. The lowest BCUT2D eigenvalue weighted by molar-refractivity contribution is 0.464. The van der Waals surface area contributed by atoms with E-state index in [1.54, 1.807) is 24.3 Å². The Morgan fingerprint density at radius 1 is 1.20 bits per heavy atom. The summed E-state index contributed by atoms with van der Waals surface area (Å²) in [5.74, 6) is 0.195. The number of aromatic nitrogens is 4. The molecule has 0 bridgehead atoms. The van der Waals surface area contributed by atoms with Gasteiger partial charge in [0.2, 0.25) is 5.89 Å². The Morgan fingerprint density at radius 2 is 1.92 bits per heavy atom. The van der Waals surface area contributed by atoms with Gasteiger partial charge in [0.1, 0.15) is 16.7 Å². The standard InChI is InChI=1S/C15H10ClN5O3S/c1-20-12(22)9(7-17)13(21(2)15(20)23)25-14-19-18-11(24-14)8-5-3-4-6-10(8)16/h3-6H,1-2H3. The van der Waals surface area contributed by atoms with E-state index in [4.69, 9.17) is 16.0 Å². The second kappa shape index (κ2) is 6.58. The lowest BCUT2D eigenvalue weighted by Crippen LogP contribution is -2.39. The molecule has 0 aliphatic carbocycles. The predicted octanol–water partition coefficient (Wildman–Crippen LogP) is 1.81. The zero-order valence-corrected chi connectivity index (χ0v) is 14.6. The summed E-state index contributed by atoms with van der Waals surface area (Å²) in [6, 6.07) is 8.77. The molecule has 0 radical (unpaired) electrons. The molecule has 126 valence electrons. The van der Waals surface area contributed by atoms with E-state index in [0.717, 1.165) is 16.3 Å². The minimum absolute atomic E-state index is 0.0784. The zero-order valence-electron chi connectivity index (χ0n) is 13.1. The number of halogens is 1. The van der Waals surface area contributed by atoms with E-state index in [9.17, 15) is 14.9 Å². The first-order valence-corrected chi connectivity index (χ1v) is 8.10. The van der Waals surface area contributed by atoms with Crippen molar-refractivity contribution < 1.29 is 4.42 Å². The molecule has 8 nitrogen and oxygen atoms in total. The second-order valence-corrected chi connectivity index (χ2v) is 6.30. The van der Waals surface area contributed by atoms with Crippen molar-refractivity contribution in [1.82, 2.24) is 19.3 Å². The molecule has 0 aliphatic rings. The molecule has 0 unspecified atom stereocenters. The Hall–Kier alpha value is -2.83. The highest BCUT2D eigenvalue weighted by molar-refractivity contribution is 7.99. The van der Waals surface area contributed by atoms with Crippen molar-refractivity contribution in [2.75, 3.05) is 0 Å². The Morgan fingerprint density at radius 3 is 2.60 bits per heavy atom. The van der Waals surface area contributed by atoms with Gasteiger partial charge in [0.05, 0.1) is 10.6 Å². The van der Waals surface area contributed by atoms with E-state index in [2.05, 4.69) is 10.2 Å². The van der Waals surface area contributed by atoms with Crippen LogP contribution in [0.2, 0.25) is 5.02 Å². The highest BCUT2D eigenvalue weighted by Gasteiger charge is 2.20. The van der Waals surface area contributed by atoms with E-state index >= 15 is 0 Å². The van der Waals surface area contributed by atoms with Gasteiger partial charge in [-0.15, -0.1) is 10.2 Å². The van der Waals surface area contributed by atoms with Gasteiger partial charge in [-0.1, -0.05) is 23.7 Å². The summed E-state index contributed by atoms with van der Waals surface area (Å²) in [4.78, 5) is 24.1. The van der Waals surface area contributed by atoms with Crippen molar-refractivity contribution in [3.8, 4) is 17.5 Å². The summed E-state index contributed by atoms with van der Waals surface area (Å²) in [5.41, 5.74) is -0.856. The average Bonchev–Trinajstić information content (AvgIpc) is 3.07. The maximum atomic E-state index is 12.1. The van der Waals surface area contributed by atoms with E-state index in [1.807, 2.05) is 6.07 Å². The van der Waals surface area contributed by atoms with Gasteiger partial charge in [-0.2, -0.15) is 5.26 Å². The van der Waals surface area contributed by atoms with Crippen LogP contribution in [0.3, 0.4) is 0 Å². The van der Waals surface area contributed by atoms with Crippen LogP contribution in [0.4, 0.5) is 0 Å². The van der Waals surface area contributed by atoms with Gasteiger partial charge >= 0.3 is 5.69 Å². The largest absolute Gasteiger partial charge is 0.411 e. The maximum Gasteiger partial charge on any atom is 0.331 e. The van der Waals surface area contributed by atoms with Gasteiger partial charge in [0.15, 0.2) is 0 Å². The van der Waals surface area contributed by atoms with Crippen LogP contribution in [0.1, 0.15) is 5.56 Å². The number of hydrogen-bond donors (Lipinski definition) is 0. The summed E-state index contributed by atoms with van der Waals surface area (Å²) < 4.78 is 7.59. The first kappa shape index (κ1) is 17.0. The highest BCUT2D eigenvalue weighted by atomic mass is 35.5. The molecule has 1 aromatic carbocycles. The molecule has 2 aromatic heterocycles. The fourth-order valence-corrected chi connectivity index (χ4v) is 3.15. The van der Waals surface area contributed by atoms with Gasteiger partial charge in [-0.25, -0.2) is 4.79 Å². The molecule has 0 amide bonds. The molecule has 25 heavy (non-hydrogen) atoms. The zero-order chi connectivity index (χ0) is 18.1. The van der Waals surface area contributed by atoms with Crippen molar-refractivity contribution in [3.05, 3.63) is 55.7 Å². The minimum atomic E-state index is -0.682. The monoisotopic (exact) mass is 375 g/mol. The molecule has 0 saturated carbocycles. The molecule has 10 heteroatoms. The van der Waals surface area contributed by atoms with Gasteiger partial charge in [0, 0.05) is 14.1 Å². The molecule has 3 rings (SSSR count). The Balaban J connectivity index is 2.06. The normalized spacial score (nSPS) is 10.6. The van der Waals surface area contributed by atoms with Crippen LogP contribution in [0, 0.1) is 11.3 Å². The summed E-state index contributed by atoms with van der Waals surface area (Å²) in [6.45, 7) is 0. The van der Waals surface area contributed by atoms with Crippen LogP contribution >= 0.6 is 23.4 Å². The fraction of sp³-hybridized carbons (Fsp3) is 0.133. The molecule has 0 aliphatic heterocycles. The van der Waals surface area contributed by atoms with E-state index in [-0.39, 0.29) is 21.7 Å². The third-order valence-electron chi connectivity index (χ3n) is 3.42. The van der Waals surface area contributed by atoms with Crippen LogP contribution in [0.25, 0.3) is 11.5 Å². The Kier molecular flexibility index (Phi) is 4.48. The number of rotatable bonds is 3. The number of nitriles is 1. The predicted molar refractivity (Wildman–Crippen MR) is 90.5 cm³/mol. The van der Waals surface area contributed by atoms with Crippen molar-refractivity contribution in [2.45, 2.75) is 10.2 Å². The van der Waals surface area contributed by atoms with Crippen LogP contribution in [0.5, 0.6) is 0 Å². The third-order valence-corrected chi connectivity index (χ3v) is 4.76. The minimum Gasteiger partial charge on any atom is -0.411 e. The van der Waals surface area contributed by atoms with E-state index < -0.39 is 11.2 Å². The van der Waals surface area contributed by atoms with Gasteiger partial charge in [-0.3, -0.25) is 13.9 Å². The smallest absolute Gasteiger partial charge is 0.331 e. The van der Waals surface area contributed by atoms with Gasteiger partial charge in [-0.05, 0) is 23.9 Å². The summed E-state index contributed by atoms with van der Waals surface area (Å²) in [6.07, 6.45) is 0. The van der Waals surface area contributed by atoms with Crippen LogP contribution < -0.4 is 11.2 Å². The van der Waals surface area contributed by atoms with Crippen molar-refractivity contribution in [3.63, 3.8) is 0 Å². The van der Waals surface area contributed by atoms with E-state index in [0.29, 0.717) is 10.6 Å². The quantitative estimate of drug-likeness (QED) is 0.642. The second-order valence-electron chi connectivity index (χ2n) is 4.95. The van der Waals surface area contributed by atoms with Crippen LogP contribution in [-0.4, -0.2) is 19.3 Å². The topological polar surface area (TPSA) is 107 Å². The molecule has 0 spiro atoms. The average molecular weight is 376 g/mol. The summed E-state index contributed by atoms with van der Waals surface area (Å²) in [7, 11) is 2.76. The fourth-order valence-electron chi connectivity index (χ4n) is 2.12. The van der Waals surface area contributed by atoms with Crippen molar-refractivity contribution in [1.29, 1.82) is 5.26 Å². The molecule has 3 aromatic rings. The Labute approximate surface area is 150 Å². The number of hydrogen-bond acceptors (Lipinski definition) is 7. The maximum absolute atomic E-state index is 12.1. The van der Waals surface area contributed by atoms with Crippen molar-refractivity contribution in [2.24, 2.45) is 14.1 Å². The molecule has 0 atom stereocenters. The highest BCUT2D eigenvalue weighted by Crippen LogP contribution is 2.31. The van der Waals surface area contributed by atoms with Gasteiger partial charge < -0.3 is 4.42 Å². The number of nitrogens with zero attached hydrogens (tertiary/aromatic N) is 5. The molecule has 0 N–H and O–H groups in total. The molecular formula is C15H10ClN5O3S. The van der Waals surface area contributed by atoms with E-state index in [1.165, 1.54) is 18.7 Å². The summed E-state index contributed by atoms with van der Waals surface area (Å²) >= 11 is 6.96. The van der Waals surface area contributed by atoms with Crippen LogP contribution in [-0.2, 0) is 14.1 Å². The SMILES string of the molecule is Cn1c(Sc2nnc(-c3ccccc3Cl)o2)c(C#N)c(=O)n(C)c1=O. The van der Waals surface area contributed by atoms with Gasteiger partial charge in [0.25, 0.3) is 10.8 Å². The van der Waals surface area contributed by atoms with Crippen LogP contribution in [0.15, 0.2) is 48.5 Å². The molecule has 0 saturated heterocycles. The van der Waals surface area contributed by atoms with Crippen molar-refractivity contribution >= 4 is 23.4 Å². The molecular weight excluding hydrogens is 366 g/mol.